The normalized spacial score (nSPS) is 15.4. The van der Waals surface area contributed by atoms with Gasteiger partial charge < -0.3 is 9.84 Å². The Morgan fingerprint density at radius 3 is 2.57 bits per heavy atom. The van der Waals surface area contributed by atoms with E-state index in [0.717, 1.165) is 20.9 Å². The van der Waals surface area contributed by atoms with Crippen molar-refractivity contribution in [1.82, 2.24) is 4.90 Å². The highest BCUT2D eigenvalue weighted by molar-refractivity contribution is 14.1. The second kappa shape index (κ2) is 9.10. The van der Waals surface area contributed by atoms with Crippen LogP contribution >= 0.6 is 50.3 Å². The van der Waals surface area contributed by atoms with Gasteiger partial charge in [0.2, 0.25) is 0 Å². The minimum atomic E-state index is -1.07. The summed E-state index contributed by atoms with van der Waals surface area (Å²) < 4.78 is 6.79. The predicted molar refractivity (Wildman–Crippen MR) is 118 cm³/mol. The highest BCUT2D eigenvalue weighted by Crippen LogP contribution is 2.34. The van der Waals surface area contributed by atoms with Gasteiger partial charge in [-0.3, -0.25) is 14.5 Å². The molecule has 6 nitrogen and oxygen atoms in total. The second-order valence-electron chi connectivity index (χ2n) is 5.77. The van der Waals surface area contributed by atoms with Crippen LogP contribution in [0.1, 0.15) is 11.1 Å². The molecule has 144 valence electrons. The first-order valence-electron chi connectivity index (χ1n) is 7.97. The molecule has 0 unspecified atom stereocenters. The standard InChI is InChI=1S/C19H13BrINO5S/c20-14-7-12(3-6-15(14)27-10-17(23)24)8-16-18(25)22(19(26)28-16)9-11-1-4-13(21)5-2-11/h1-8H,9-10H2,(H,23,24)/b16-8-. The molecule has 0 atom stereocenters. The Hall–Kier alpha value is -1.85. The fourth-order valence-electron chi connectivity index (χ4n) is 2.42. The van der Waals surface area contributed by atoms with E-state index in [4.69, 9.17) is 9.84 Å². The lowest BCUT2D eigenvalue weighted by Crippen LogP contribution is -2.27. The van der Waals surface area contributed by atoms with Crippen LogP contribution in [0.15, 0.2) is 51.8 Å². The lowest BCUT2D eigenvalue weighted by atomic mass is 10.2. The fourth-order valence-corrected chi connectivity index (χ4v) is 4.13. The number of ether oxygens (including phenoxy) is 1. The van der Waals surface area contributed by atoms with Crippen LogP contribution in [0.4, 0.5) is 4.79 Å². The lowest BCUT2D eigenvalue weighted by Gasteiger charge is -2.12. The van der Waals surface area contributed by atoms with Crippen LogP contribution in [0, 0.1) is 3.57 Å². The number of carboxylic acids is 1. The molecule has 1 aliphatic heterocycles. The summed E-state index contributed by atoms with van der Waals surface area (Å²) in [5, 5.41) is 8.37. The first kappa shape index (κ1) is 20.9. The fraction of sp³-hybridized carbons (Fsp3) is 0.105. The number of aliphatic carboxylic acids is 1. The van der Waals surface area contributed by atoms with Gasteiger partial charge in [-0.25, -0.2) is 4.79 Å². The minimum absolute atomic E-state index is 0.227. The molecule has 1 N–H and O–H groups in total. The van der Waals surface area contributed by atoms with E-state index < -0.39 is 12.6 Å². The van der Waals surface area contributed by atoms with Gasteiger partial charge in [-0.05, 0) is 91.8 Å². The molecule has 1 fully saturated rings. The van der Waals surface area contributed by atoms with Gasteiger partial charge in [0, 0.05) is 3.57 Å². The summed E-state index contributed by atoms with van der Waals surface area (Å²) in [6.07, 6.45) is 1.63. The maximum atomic E-state index is 12.6. The Kier molecular flexibility index (Phi) is 6.78. The monoisotopic (exact) mass is 573 g/mol. The maximum Gasteiger partial charge on any atom is 0.341 e. The van der Waals surface area contributed by atoms with E-state index >= 15 is 0 Å². The van der Waals surface area contributed by atoms with Gasteiger partial charge in [-0.15, -0.1) is 0 Å². The molecule has 1 aliphatic rings. The largest absolute Gasteiger partial charge is 0.481 e. The number of hydrogen-bond acceptors (Lipinski definition) is 5. The van der Waals surface area contributed by atoms with Crippen molar-refractivity contribution in [2.45, 2.75) is 6.54 Å². The van der Waals surface area contributed by atoms with Crippen LogP contribution < -0.4 is 4.74 Å². The smallest absolute Gasteiger partial charge is 0.341 e. The van der Waals surface area contributed by atoms with Crippen LogP contribution in [-0.4, -0.2) is 33.7 Å². The number of halogens is 2. The molecule has 2 aromatic rings. The second-order valence-corrected chi connectivity index (χ2v) is 8.86. The zero-order chi connectivity index (χ0) is 20.3. The molecule has 0 aliphatic carbocycles. The number of carbonyl (C=O) groups excluding carboxylic acids is 2. The van der Waals surface area contributed by atoms with Gasteiger partial charge in [0.1, 0.15) is 5.75 Å². The van der Waals surface area contributed by atoms with Crippen molar-refractivity contribution in [2.75, 3.05) is 6.61 Å². The van der Waals surface area contributed by atoms with Gasteiger partial charge in [-0.2, -0.15) is 0 Å². The van der Waals surface area contributed by atoms with Crippen molar-refractivity contribution in [3.8, 4) is 5.75 Å². The number of nitrogens with zero attached hydrogens (tertiary/aromatic N) is 1. The molecule has 3 rings (SSSR count). The zero-order valence-electron chi connectivity index (χ0n) is 14.2. The zero-order valence-corrected chi connectivity index (χ0v) is 18.8. The number of hydrogen-bond donors (Lipinski definition) is 1. The van der Waals surface area contributed by atoms with Crippen molar-refractivity contribution in [3.05, 3.63) is 66.5 Å². The van der Waals surface area contributed by atoms with Crippen molar-refractivity contribution in [1.29, 1.82) is 0 Å². The summed E-state index contributed by atoms with van der Waals surface area (Å²) in [5.74, 6) is -1.03. The molecule has 1 saturated heterocycles. The first-order chi connectivity index (χ1) is 13.3. The summed E-state index contributed by atoms with van der Waals surface area (Å²) in [6.45, 7) is -0.222. The molecular formula is C19H13BrINO5S. The van der Waals surface area contributed by atoms with Crippen molar-refractivity contribution < 1.29 is 24.2 Å². The predicted octanol–water partition coefficient (Wildman–Crippen LogP) is 4.75. The number of thioether (sulfide) groups is 1. The Morgan fingerprint density at radius 2 is 1.93 bits per heavy atom. The Labute approximate surface area is 187 Å². The van der Waals surface area contributed by atoms with Crippen LogP contribution in [0.3, 0.4) is 0 Å². The number of imide groups is 1. The third-order valence-corrected chi connectivity index (χ3v) is 5.98. The number of carboxylic acid groups (broad SMARTS) is 1. The van der Waals surface area contributed by atoms with Crippen LogP contribution in [0.5, 0.6) is 5.75 Å². The van der Waals surface area contributed by atoms with E-state index in [1.807, 2.05) is 24.3 Å². The molecule has 9 heteroatoms. The quantitative estimate of drug-likeness (QED) is 0.396. The number of rotatable bonds is 6. The lowest BCUT2D eigenvalue weighted by molar-refractivity contribution is -0.139. The molecular weight excluding hydrogens is 561 g/mol. The Balaban J connectivity index is 1.75. The third-order valence-electron chi connectivity index (χ3n) is 3.73. The Bertz CT molecular complexity index is 977. The van der Waals surface area contributed by atoms with Crippen LogP contribution in [0.25, 0.3) is 6.08 Å². The van der Waals surface area contributed by atoms with Crippen molar-refractivity contribution >= 4 is 73.5 Å². The maximum absolute atomic E-state index is 12.6. The van der Waals surface area contributed by atoms with Gasteiger partial charge in [0.25, 0.3) is 11.1 Å². The third kappa shape index (κ3) is 5.15. The summed E-state index contributed by atoms with van der Waals surface area (Å²) >= 11 is 6.41. The van der Waals surface area contributed by atoms with Gasteiger partial charge in [0.05, 0.1) is 15.9 Å². The van der Waals surface area contributed by atoms with Gasteiger partial charge >= 0.3 is 5.97 Å². The van der Waals surface area contributed by atoms with E-state index in [2.05, 4.69) is 38.5 Å². The SMILES string of the molecule is O=C(O)COc1ccc(/C=C2\SC(=O)N(Cc3ccc(I)cc3)C2=O)cc1Br. The summed E-state index contributed by atoms with van der Waals surface area (Å²) in [6, 6.07) is 12.6. The highest BCUT2D eigenvalue weighted by atomic mass is 127. The van der Waals surface area contributed by atoms with E-state index in [1.54, 1.807) is 24.3 Å². The first-order valence-corrected chi connectivity index (χ1v) is 10.7. The molecule has 0 spiro atoms. The Morgan fingerprint density at radius 1 is 1.21 bits per heavy atom. The molecule has 0 bridgehead atoms. The van der Waals surface area contributed by atoms with Gasteiger partial charge in [0.15, 0.2) is 6.61 Å². The average molecular weight is 574 g/mol. The molecule has 2 amide bonds. The number of amides is 2. The van der Waals surface area contributed by atoms with E-state index in [0.29, 0.717) is 20.7 Å². The van der Waals surface area contributed by atoms with Crippen molar-refractivity contribution in [2.24, 2.45) is 0 Å². The van der Waals surface area contributed by atoms with Crippen LogP contribution in [0.2, 0.25) is 0 Å². The van der Waals surface area contributed by atoms with Crippen LogP contribution in [-0.2, 0) is 16.1 Å². The van der Waals surface area contributed by atoms with Gasteiger partial charge in [-0.1, -0.05) is 18.2 Å². The number of benzene rings is 2. The topological polar surface area (TPSA) is 83.9 Å². The minimum Gasteiger partial charge on any atom is -0.481 e. The summed E-state index contributed by atoms with van der Waals surface area (Å²) in [7, 11) is 0. The molecule has 0 radical (unpaired) electrons. The molecule has 1 heterocycles. The highest BCUT2D eigenvalue weighted by Gasteiger charge is 2.34. The molecule has 2 aromatic carbocycles. The summed E-state index contributed by atoms with van der Waals surface area (Å²) in [5.41, 5.74) is 1.57. The average Bonchev–Trinajstić information content (AvgIpc) is 2.90. The van der Waals surface area contributed by atoms with E-state index in [-0.39, 0.29) is 17.7 Å². The van der Waals surface area contributed by atoms with Crippen molar-refractivity contribution in [3.63, 3.8) is 0 Å². The van der Waals surface area contributed by atoms with E-state index in [1.165, 1.54) is 4.90 Å². The van der Waals surface area contributed by atoms with E-state index in [9.17, 15) is 14.4 Å². The molecule has 0 aromatic heterocycles. The number of carbonyl (C=O) groups is 3. The molecule has 28 heavy (non-hydrogen) atoms. The summed E-state index contributed by atoms with van der Waals surface area (Å²) in [4.78, 5) is 37.1. The molecule has 0 saturated carbocycles.